The summed E-state index contributed by atoms with van der Waals surface area (Å²) in [6.45, 7) is 1.78. The maximum absolute atomic E-state index is 5.62. The number of aromatic nitrogens is 3. The first-order chi connectivity index (χ1) is 9.22. The zero-order valence-corrected chi connectivity index (χ0v) is 10.5. The van der Waals surface area contributed by atoms with Gasteiger partial charge in [0.1, 0.15) is 5.82 Å². The smallest absolute Gasteiger partial charge is 0.232 e. The molecule has 0 aliphatic carbocycles. The van der Waals surface area contributed by atoms with E-state index in [1.165, 1.54) is 0 Å². The average Bonchev–Trinajstić information content (AvgIpc) is 2.38. The molecule has 3 N–H and O–H groups in total. The Labute approximate surface area is 110 Å². The Hall–Kier alpha value is -2.69. The summed E-state index contributed by atoms with van der Waals surface area (Å²) >= 11 is 0. The lowest BCUT2D eigenvalue weighted by molar-refractivity contribution is 0.996. The number of fused-ring (bicyclic) bond motifs is 1. The standard InChI is InChI=1S/C14H13N5/c1-9-16-13(15)19-14(17-9)18-12-8-4-6-10-5-2-3-7-11(10)12/h2-8H,1H3,(H3,15,16,17,18,19). The van der Waals surface area contributed by atoms with Crippen molar-refractivity contribution in [3.63, 3.8) is 0 Å². The highest BCUT2D eigenvalue weighted by Gasteiger charge is 2.04. The first kappa shape index (κ1) is 11.4. The van der Waals surface area contributed by atoms with E-state index < -0.39 is 0 Å². The lowest BCUT2D eigenvalue weighted by atomic mass is 10.1. The Kier molecular flexibility index (Phi) is 2.72. The van der Waals surface area contributed by atoms with Gasteiger partial charge in [0.25, 0.3) is 0 Å². The van der Waals surface area contributed by atoms with Crippen LogP contribution in [0.3, 0.4) is 0 Å². The molecule has 3 rings (SSSR count). The molecule has 0 fully saturated rings. The number of nitrogen functional groups attached to an aromatic ring is 1. The van der Waals surface area contributed by atoms with E-state index in [1.807, 2.05) is 24.3 Å². The average molecular weight is 251 g/mol. The second kappa shape index (κ2) is 4.53. The fourth-order valence-corrected chi connectivity index (χ4v) is 2.01. The van der Waals surface area contributed by atoms with E-state index >= 15 is 0 Å². The zero-order chi connectivity index (χ0) is 13.2. The summed E-state index contributed by atoms with van der Waals surface area (Å²) in [7, 11) is 0. The normalized spacial score (nSPS) is 10.6. The highest BCUT2D eigenvalue weighted by molar-refractivity contribution is 5.94. The third-order valence-electron chi connectivity index (χ3n) is 2.80. The van der Waals surface area contributed by atoms with Gasteiger partial charge in [0, 0.05) is 11.1 Å². The van der Waals surface area contributed by atoms with Crippen molar-refractivity contribution in [1.82, 2.24) is 15.0 Å². The van der Waals surface area contributed by atoms with Crippen molar-refractivity contribution in [3.05, 3.63) is 48.3 Å². The van der Waals surface area contributed by atoms with Gasteiger partial charge in [-0.2, -0.15) is 15.0 Å². The summed E-state index contributed by atoms with van der Waals surface area (Å²) in [5.74, 6) is 1.27. The second-order valence-electron chi connectivity index (χ2n) is 4.22. The van der Waals surface area contributed by atoms with Gasteiger partial charge in [-0.1, -0.05) is 36.4 Å². The van der Waals surface area contributed by atoms with E-state index in [-0.39, 0.29) is 5.95 Å². The molecule has 0 saturated heterocycles. The van der Waals surface area contributed by atoms with E-state index in [1.54, 1.807) is 6.92 Å². The summed E-state index contributed by atoms with van der Waals surface area (Å²) in [6.07, 6.45) is 0. The van der Waals surface area contributed by atoms with Crippen molar-refractivity contribution in [2.75, 3.05) is 11.1 Å². The number of nitrogens with zero attached hydrogens (tertiary/aromatic N) is 3. The minimum Gasteiger partial charge on any atom is -0.368 e. The van der Waals surface area contributed by atoms with Gasteiger partial charge in [-0.25, -0.2) is 0 Å². The summed E-state index contributed by atoms with van der Waals surface area (Å²) in [6, 6.07) is 14.2. The fourth-order valence-electron chi connectivity index (χ4n) is 2.01. The maximum atomic E-state index is 5.62. The Morgan fingerprint density at radius 1 is 0.947 bits per heavy atom. The molecule has 0 bridgehead atoms. The van der Waals surface area contributed by atoms with Crippen LogP contribution >= 0.6 is 0 Å². The summed E-state index contributed by atoms with van der Waals surface area (Å²) in [5, 5.41) is 5.46. The van der Waals surface area contributed by atoms with Gasteiger partial charge in [0.2, 0.25) is 11.9 Å². The van der Waals surface area contributed by atoms with E-state index in [9.17, 15) is 0 Å². The van der Waals surface area contributed by atoms with Gasteiger partial charge in [0.05, 0.1) is 0 Å². The fraction of sp³-hybridized carbons (Fsp3) is 0.0714. The highest BCUT2D eigenvalue weighted by Crippen LogP contribution is 2.25. The van der Waals surface area contributed by atoms with Crippen LogP contribution in [0.25, 0.3) is 10.8 Å². The summed E-state index contributed by atoms with van der Waals surface area (Å²) in [4.78, 5) is 12.3. The lowest BCUT2D eigenvalue weighted by Gasteiger charge is -2.08. The monoisotopic (exact) mass is 251 g/mol. The molecule has 0 saturated carbocycles. The molecule has 19 heavy (non-hydrogen) atoms. The number of anilines is 3. The van der Waals surface area contributed by atoms with Crippen molar-refractivity contribution in [2.45, 2.75) is 6.92 Å². The van der Waals surface area contributed by atoms with Gasteiger partial charge < -0.3 is 11.1 Å². The van der Waals surface area contributed by atoms with Crippen LogP contribution in [0.1, 0.15) is 5.82 Å². The molecule has 0 atom stereocenters. The maximum Gasteiger partial charge on any atom is 0.232 e. The number of hydrogen-bond acceptors (Lipinski definition) is 5. The molecule has 1 aromatic heterocycles. The minimum absolute atomic E-state index is 0.218. The number of nitrogens with one attached hydrogen (secondary N) is 1. The van der Waals surface area contributed by atoms with Crippen LogP contribution in [-0.4, -0.2) is 15.0 Å². The molecular weight excluding hydrogens is 238 g/mol. The van der Waals surface area contributed by atoms with Crippen LogP contribution in [0.15, 0.2) is 42.5 Å². The van der Waals surface area contributed by atoms with Crippen molar-refractivity contribution in [3.8, 4) is 0 Å². The predicted octanol–water partition coefficient (Wildman–Crippen LogP) is 2.66. The van der Waals surface area contributed by atoms with Crippen LogP contribution in [0.5, 0.6) is 0 Å². The third kappa shape index (κ3) is 2.30. The summed E-state index contributed by atoms with van der Waals surface area (Å²) in [5.41, 5.74) is 6.57. The van der Waals surface area contributed by atoms with Crippen molar-refractivity contribution in [1.29, 1.82) is 0 Å². The molecule has 1 heterocycles. The van der Waals surface area contributed by atoms with E-state index in [0.717, 1.165) is 16.5 Å². The van der Waals surface area contributed by atoms with Gasteiger partial charge in [-0.15, -0.1) is 0 Å². The Balaban J connectivity index is 2.05. The van der Waals surface area contributed by atoms with Gasteiger partial charge in [0.15, 0.2) is 0 Å². The SMILES string of the molecule is Cc1nc(N)nc(Nc2cccc3ccccc23)n1. The molecule has 2 aromatic carbocycles. The van der Waals surface area contributed by atoms with Crippen LogP contribution < -0.4 is 11.1 Å². The van der Waals surface area contributed by atoms with Crippen LogP contribution in [0.2, 0.25) is 0 Å². The highest BCUT2D eigenvalue weighted by atomic mass is 15.2. The van der Waals surface area contributed by atoms with Crippen molar-refractivity contribution in [2.24, 2.45) is 0 Å². The molecule has 0 amide bonds. The number of nitrogens with two attached hydrogens (primary N) is 1. The number of rotatable bonds is 2. The Morgan fingerprint density at radius 2 is 1.74 bits per heavy atom. The predicted molar refractivity (Wildman–Crippen MR) is 76.2 cm³/mol. The Bertz CT molecular complexity index is 713. The summed E-state index contributed by atoms with van der Waals surface area (Å²) < 4.78 is 0. The third-order valence-corrected chi connectivity index (χ3v) is 2.80. The Morgan fingerprint density at radius 3 is 2.58 bits per heavy atom. The van der Waals surface area contributed by atoms with Crippen LogP contribution in [-0.2, 0) is 0 Å². The molecule has 0 unspecified atom stereocenters. The zero-order valence-electron chi connectivity index (χ0n) is 10.5. The minimum atomic E-state index is 0.218. The lowest BCUT2D eigenvalue weighted by Crippen LogP contribution is -2.04. The van der Waals surface area contributed by atoms with Crippen LogP contribution in [0.4, 0.5) is 17.6 Å². The molecule has 94 valence electrons. The molecule has 5 nitrogen and oxygen atoms in total. The van der Waals surface area contributed by atoms with E-state index in [4.69, 9.17) is 5.73 Å². The molecule has 3 aromatic rings. The first-order valence-electron chi connectivity index (χ1n) is 5.95. The van der Waals surface area contributed by atoms with E-state index in [2.05, 4.69) is 38.5 Å². The van der Waals surface area contributed by atoms with E-state index in [0.29, 0.717) is 11.8 Å². The van der Waals surface area contributed by atoms with Crippen LogP contribution in [0, 0.1) is 6.92 Å². The number of aryl methyl sites for hydroxylation is 1. The number of benzene rings is 2. The van der Waals surface area contributed by atoms with Crippen molar-refractivity contribution >= 4 is 28.4 Å². The van der Waals surface area contributed by atoms with Gasteiger partial charge >= 0.3 is 0 Å². The van der Waals surface area contributed by atoms with Crippen molar-refractivity contribution < 1.29 is 0 Å². The largest absolute Gasteiger partial charge is 0.368 e. The van der Waals surface area contributed by atoms with Gasteiger partial charge in [-0.3, -0.25) is 0 Å². The quantitative estimate of drug-likeness (QED) is 0.732. The molecular formula is C14H13N5. The second-order valence-corrected chi connectivity index (χ2v) is 4.22. The van der Waals surface area contributed by atoms with Gasteiger partial charge in [-0.05, 0) is 18.4 Å². The topological polar surface area (TPSA) is 76.7 Å². The molecule has 5 heteroatoms. The molecule has 0 radical (unpaired) electrons. The molecule has 0 aliphatic rings. The molecule has 0 spiro atoms. The molecule has 0 aliphatic heterocycles. The number of hydrogen-bond donors (Lipinski definition) is 2. The first-order valence-corrected chi connectivity index (χ1v) is 5.95.